The molecule has 0 aromatic heterocycles. The van der Waals surface area contributed by atoms with Crippen LogP contribution in [0.25, 0.3) is 0 Å². The molecule has 5 nitrogen and oxygen atoms in total. The average Bonchev–Trinajstić information content (AvgIpc) is 2.42. The maximum Gasteiger partial charge on any atom is 0.240 e. The Hall–Kier alpha value is -0.0200. The summed E-state index contributed by atoms with van der Waals surface area (Å²) in [6.45, 7) is 2.14. The summed E-state index contributed by atoms with van der Waals surface area (Å²) in [4.78, 5) is 1.03. The van der Waals surface area contributed by atoms with Crippen LogP contribution in [0.5, 0.6) is 0 Å². The minimum Gasteiger partial charge on any atom is -0.383 e. The molecule has 0 amide bonds. The number of benzene rings is 1. The van der Waals surface area contributed by atoms with Gasteiger partial charge >= 0.3 is 0 Å². The van der Waals surface area contributed by atoms with Crippen molar-refractivity contribution >= 4 is 45.8 Å². The molecule has 0 unspecified atom stereocenters. The highest BCUT2D eigenvalue weighted by Gasteiger charge is 2.14. The van der Waals surface area contributed by atoms with Gasteiger partial charge in [0.15, 0.2) is 0 Å². The fraction of sp³-hybridized carbons (Fsp3) is 0.500. The van der Waals surface area contributed by atoms with Gasteiger partial charge in [-0.1, -0.05) is 11.6 Å². The second kappa shape index (κ2) is 10.7. The highest BCUT2D eigenvalue weighted by atomic mass is 35.5. The van der Waals surface area contributed by atoms with Crippen LogP contribution in [0.4, 0.5) is 0 Å². The summed E-state index contributed by atoms with van der Waals surface area (Å²) in [6, 6.07) is 4.73. The van der Waals surface area contributed by atoms with E-state index in [2.05, 4.69) is 10.0 Å². The highest BCUT2D eigenvalue weighted by molar-refractivity contribution is 7.98. The quantitative estimate of drug-likeness (QED) is 0.511. The molecular weight excluding hydrogens is 355 g/mol. The van der Waals surface area contributed by atoms with Gasteiger partial charge in [-0.3, -0.25) is 0 Å². The van der Waals surface area contributed by atoms with E-state index < -0.39 is 10.0 Å². The molecule has 0 bridgehead atoms. The fourth-order valence-corrected chi connectivity index (χ4v) is 3.46. The van der Waals surface area contributed by atoms with Crippen molar-refractivity contribution in [2.24, 2.45) is 0 Å². The molecule has 122 valence electrons. The lowest BCUT2D eigenvalue weighted by Gasteiger charge is -2.09. The average molecular weight is 375 g/mol. The lowest BCUT2D eigenvalue weighted by Crippen LogP contribution is -2.33. The molecule has 2 N–H and O–H groups in total. The Labute approximate surface area is 141 Å². The Morgan fingerprint density at radius 3 is 2.57 bits per heavy atom. The van der Waals surface area contributed by atoms with Gasteiger partial charge in [-0.15, -0.1) is 24.2 Å². The number of hydrogen-bond acceptors (Lipinski definition) is 5. The van der Waals surface area contributed by atoms with Crippen molar-refractivity contribution in [3.05, 3.63) is 23.2 Å². The first-order chi connectivity index (χ1) is 9.51. The van der Waals surface area contributed by atoms with Crippen LogP contribution >= 0.6 is 35.8 Å². The zero-order valence-corrected chi connectivity index (χ0v) is 15.1. The SMILES string of the molecule is COCCNCCNS(=O)(=O)c1ccc(SC)c(Cl)c1.Cl. The Bertz CT molecular complexity index is 527. The first-order valence-corrected chi connectivity index (χ1v) is 9.12. The first-order valence-electron chi connectivity index (χ1n) is 6.04. The van der Waals surface area contributed by atoms with Crippen LogP contribution in [-0.4, -0.2) is 48.0 Å². The Balaban J connectivity index is 0.00000400. The van der Waals surface area contributed by atoms with E-state index in [1.165, 1.54) is 17.8 Å². The highest BCUT2D eigenvalue weighted by Crippen LogP contribution is 2.27. The van der Waals surface area contributed by atoms with E-state index in [1.807, 2.05) is 6.26 Å². The molecular formula is C12H20Cl2N2O3S2. The summed E-state index contributed by atoms with van der Waals surface area (Å²) in [5.41, 5.74) is 0. The molecule has 1 aromatic carbocycles. The minimum atomic E-state index is -3.52. The number of methoxy groups -OCH3 is 1. The summed E-state index contributed by atoms with van der Waals surface area (Å²) >= 11 is 7.49. The fourth-order valence-electron chi connectivity index (χ4n) is 1.47. The van der Waals surface area contributed by atoms with Gasteiger partial charge < -0.3 is 10.1 Å². The van der Waals surface area contributed by atoms with E-state index in [0.29, 0.717) is 31.3 Å². The molecule has 0 saturated heterocycles. The number of nitrogens with one attached hydrogen (secondary N) is 2. The molecule has 1 aromatic rings. The van der Waals surface area contributed by atoms with Crippen molar-refractivity contribution in [2.45, 2.75) is 9.79 Å². The van der Waals surface area contributed by atoms with Gasteiger partial charge in [0.25, 0.3) is 0 Å². The number of thioether (sulfide) groups is 1. The molecule has 9 heteroatoms. The molecule has 0 atom stereocenters. The Morgan fingerprint density at radius 1 is 1.29 bits per heavy atom. The monoisotopic (exact) mass is 374 g/mol. The predicted molar refractivity (Wildman–Crippen MR) is 90.4 cm³/mol. The number of sulfonamides is 1. The van der Waals surface area contributed by atoms with Crippen molar-refractivity contribution in [2.75, 3.05) is 39.6 Å². The third-order valence-electron chi connectivity index (χ3n) is 2.51. The van der Waals surface area contributed by atoms with Crippen molar-refractivity contribution in [3.63, 3.8) is 0 Å². The van der Waals surface area contributed by atoms with E-state index in [-0.39, 0.29) is 17.3 Å². The second-order valence-corrected chi connectivity index (χ2v) is 6.96. The third-order valence-corrected chi connectivity index (χ3v) is 5.19. The van der Waals surface area contributed by atoms with Gasteiger partial charge in [0.05, 0.1) is 16.5 Å². The number of ether oxygens (including phenoxy) is 1. The van der Waals surface area contributed by atoms with Crippen LogP contribution < -0.4 is 10.0 Å². The maximum absolute atomic E-state index is 12.0. The Morgan fingerprint density at radius 2 is 2.00 bits per heavy atom. The van der Waals surface area contributed by atoms with Gasteiger partial charge in [-0.2, -0.15) is 0 Å². The summed E-state index contributed by atoms with van der Waals surface area (Å²) in [7, 11) is -1.90. The molecule has 0 saturated carbocycles. The van der Waals surface area contributed by atoms with Gasteiger partial charge in [0.2, 0.25) is 10.0 Å². The lowest BCUT2D eigenvalue weighted by atomic mass is 10.4. The van der Waals surface area contributed by atoms with Crippen LogP contribution in [-0.2, 0) is 14.8 Å². The van der Waals surface area contributed by atoms with Gasteiger partial charge in [0.1, 0.15) is 0 Å². The summed E-state index contributed by atoms with van der Waals surface area (Å²) in [5.74, 6) is 0. The number of halogens is 2. The molecule has 0 aliphatic carbocycles. The van der Waals surface area contributed by atoms with E-state index in [4.69, 9.17) is 16.3 Å². The summed E-state index contributed by atoms with van der Waals surface area (Å²) < 4.78 is 31.5. The van der Waals surface area contributed by atoms with Crippen LogP contribution in [0.15, 0.2) is 28.0 Å². The molecule has 1 rings (SSSR count). The van der Waals surface area contributed by atoms with Crippen LogP contribution in [0.3, 0.4) is 0 Å². The Kier molecular flexibility index (Phi) is 10.7. The van der Waals surface area contributed by atoms with Gasteiger partial charge in [0, 0.05) is 31.6 Å². The van der Waals surface area contributed by atoms with Crippen molar-refractivity contribution in [1.29, 1.82) is 0 Å². The van der Waals surface area contributed by atoms with E-state index >= 15 is 0 Å². The van der Waals surface area contributed by atoms with Gasteiger partial charge in [-0.25, -0.2) is 13.1 Å². The smallest absolute Gasteiger partial charge is 0.240 e. The normalized spacial score (nSPS) is 11.2. The van der Waals surface area contributed by atoms with E-state index in [1.54, 1.807) is 19.2 Å². The zero-order chi connectivity index (χ0) is 15.0. The topological polar surface area (TPSA) is 67.4 Å². The van der Waals surface area contributed by atoms with Crippen molar-refractivity contribution < 1.29 is 13.2 Å². The molecule has 0 fully saturated rings. The molecule has 0 aliphatic heterocycles. The van der Waals surface area contributed by atoms with E-state index in [9.17, 15) is 8.42 Å². The second-order valence-electron chi connectivity index (χ2n) is 3.94. The molecule has 0 heterocycles. The summed E-state index contributed by atoms with van der Waals surface area (Å²) in [6.07, 6.45) is 1.89. The molecule has 21 heavy (non-hydrogen) atoms. The van der Waals surface area contributed by atoms with E-state index in [0.717, 1.165) is 4.90 Å². The third kappa shape index (κ3) is 7.19. The lowest BCUT2D eigenvalue weighted by molar-refractivity contribution is 0.199. The van der Waals surface area contributed by atoms with Crippen molar-refractivity contribution in [1.82, 2.24) is 10.0 Å². The zero-order valence-electron chi connectivity index (χ0n) is 11.9. The number of hydrogen-bond donors (Lipinski definition) is 2. The minimum absolute atomic E-state index is 0. The number of rotatable bonds is 9. The van der Waals surface area contributed by atoms with Crippen LogP contribution in [0.2, 0.25) is 5.02 Å². The largest absolute Gasteiger partial charge is 0.383 e. The van der Waals surface area contributed by atoms with Crippen LogP contribution in [0, 0.1) is 0 Å². The standard InChI is InChI=1S/C12H19ClN2O3S2.ClH/c1-18-8-7-14-5-6-15-20(16,17)10-3-4-12(19-2)11(13)9-10;/h3-4,9,14-15H,5-8H2,1-2H3;1H. The molecule has 0 aliphatic rings. The summed E-state index contributed by atoms with van der Waals surface area (Å²) in [5, 5.41) is 3.50. The first kappa shape index (κ1) is 21.0. The predicted octanol–water partition coefficient (Wildman–Crippen LogP) is 2.00. The van der Waals surface area contributed by atoms with Crippen LogP contribution in [0.1, 0.15) is 0 Å². The molecule has 0 spiro atoms. The molecule has 0 radical (unpaired) electrons. The maximum atomic E-state index is 12.0. The van der Waals surface area contributed by atoms with Crippen molar-refractivity contribution in [3.8, 4) is 0 Å². The van der Waals surface area contributed by atoms with Gasteiger partial charge in [-0.05, 0) is 24.5 Å².